The number of nitrogens with one attached hydrogen (secondary N) is 1. The predicted octanol–water partition coefficient (Wildman–Crippen LogP) is 2.48. The van der Waals surface area contributed by atoms with Gasteiger partial charge >= 0.3 is 0 Å². The van der Waals surface area contributed by atoms with Crippen LogP contribution >= 0.6 is 0 Å². The molecule has 0 unspecified atom stereocenters. The van der Waals surface area contributed by atoms with Gasteiger partial charge in [0.15, 0.2) is 0 Å². The normalized spacial score (nSPS) is 10.0. The average Bonchev–Trinajstić information content (AvgIpc) is 2.59. The number of amides is 2. The molecule has 0 bridgehead atoms. The summed E-state index contributed by atoms with van der Waals surface area (Å²) in [4.78, 5) is 25.5. The van der Waals surface area contributed by atoms with Gasteiger partial charge in [0.25, 0.3) is 5.91 Å². The number of methoxy groups -OCH3 is 1. The molecule has 0 aromatic heterocycles. The summed E-state index contributed by atoms with van der Waals surface area (Å²) in [5.41, 5.74) is 1.34. The van der Waals surface area contributed by atoms with Crippen LogP contribution in [-0.2, 0) is 4.79 Å². The number of benzene rings is 2. The lowest BCUT2D eigenvalue weighted by Crippen LogP contribution is -2.37. The molecule has 23 heavy (non-hydrogen) atoms. The van der Waals surface area contributed by atoms with E-state index in [-0.39, 0.29) is 11.8 Å². The molecule has 0 spiro atoms. The molecule has 0 fully saturated rings. The topological polar surface area (TPSA) is 58.6 Å². The number of carbonyl (C=O) groups excluding carboxylic acids is 2. The molecule has 2 rings (SSSR count). The van der Waals surface area contributed by atoms with Crippen LogP contribution in [-0.4, -0.2) is 32.0 Å². The Bertz CT molecular complexity index is 671. The number of hydrogen-bond acceptors (Lipinski definition) is 3. The number of carbonyl (C=O) groups is 2. The summed E-state index contributed by atoms with van der Waals surface area (Å²) in [6.07, 6.45) is 0. The first-order valence-electron chi connectivity index (χ1n) is 7.37. The Morgan fingerprint density at radius 3 is 2.48 bits per heavy atom. The molecule has 5 nitrogen and oxygen atoms in total. The molecule has 120 valence electrons. The van der Waals surface area contributed by atoms with Gasteiger partial charge < -0.3 is 15.0 Å². The first-order chi connectivity index (χ1) is 11.1. The lowest BCUT2D eigenvalue weighted by atomic mass is 10.2. The number of nitrogens with zero attached hydrogens (tertiary/aromatic N) is 1. The second kappa shape index (κ2) is 7.98. The van der Waals surface area contributed by atoms with Gasteiger partial charge in [0.2, 0.25) is 5.91 Å². The Morgan fingerprint density at radius 1 is 1.09 bits per heavy atom. The molecule has 5 heteroatoms. The minimum atomic E-state index is -0.153. The number of anilines is 1. The van der Waals surface area contributed by atoms with E-state index in [0.717, 1.165) is 5.69 Å². The van der Waals surface area contributed by atoms with Crippen molar-refractivity contribution in [2.75, 3.05) is 25.1 Å². The zero-order valence-corrected chi connectivity index (χ0v) is 13.3. The van der Waals surface area contributed by atoms with Crippen LogP contribution in [0.2, 0.25) is 0 Å². The highest BCUT2D eigenvalue weighted by Gasteiger charge is 2.12. The zero-order valence-electron chi connectivity index (χ0n) is 13.3. The van der Waals surface area contributed by atoms with Crippen LogP contribution in [0.5, 0.6) is 5.75 Å². The Hall–Kier alpha value is -2.82. The fraction of sp³-hybridized carbons (Fsp3) is 0.222. The molecule has 1 N–H and O–H groups in total. The number of rotatable bonds is 6. The van der Waals surface area contributed by atoms with Crippen LogP contribution in [0.25, 0.3) is 0 Å². The highest BCUT2D eigenvalue weighted by atomic mass is 16.5. The summed E-state index contributed by atoms with van der Waals surface area (Å²) in [7, 11) is 1.58. The van der Waals surface area contributed by atoms with Crippen molar-refractivity contribution in [2.45, 2.75) is 6.92 Å². The van der Waals surface area contributed by atoms with Gasteiger partial charge in [-0.1, -0.05) is 24.3 Å². The van der Waals surface area contributed by atoms with E-state index in [0.29, 0.717) is 24.4 Å². The maximum atomic E-state index is 12.0. The molecule has 2 amide bonds. The molecule has 2 aromatic carbocycles. The van der Waals surface area contributed by atoms with Gasteiger partial charge in [0.05, 0.1) is 7.11 Å². The third-order valence-electron chi connectivity index (χ3n) is 3.40. The van der Waals surface area contributed by atoms with Crippen molar-refractivity contribution in [3.05, 3.63) is 60.2 Å². The largest absolute Gasteiger partial charge is 0.497 e. The molecule has 0 heterocycles. The summed E-state index contributed by atoms with van der Waals surface area (Å²) in [6, 6.07) is 16.3. The minimum Gasteiger partial charge on any atom is -0.497 e. The maximum Gasteiger partial charge on any atom is 0.251 e. The van der Waals surface area contributed by atoms with Crippen LogP contribution in [0.1, 0.15) is 17.3 Å². The van der Waals surface area contributed by atoms with E-state index in [1.165, 1.54) is 6.92 Å². The summed E-state index contributed by atoms with van der Waals surface area (Å²) in [5, 5.41) is 2.82. The van der Waals surface area contributed by atoms with Crippen molar-refractivity contribution in [2.24, 2.45) is 0 Å². The highest BCUT2D eigenvalue weighted by Crippen LogP contribution is 2.20. The van der Waals surface area contributed by atoms with Crippen LogP contribution < -0.4 is 15.0 Å². The van der Waals surface area contributed by atoms with Gasteiger partial charge in [-0.15, -0.1) is 0 Å². The molecule has 0 aliphatic heterocycles. The van der Waals surface area contributed by atoms with Crippen molar-refractivity contribution in [1.29, 1.82) is 0 Å². The van der Waals surface area contributed by atoms with E-state index in [9.17, 15) is 9.59 Å². The smallest absolute Gasteiger partial charge is 0.251 e. The summed E-state index contributed by atoms with van der Waals surface area (Å²) >= 11 is 0. The fourth-order valence-corrected chi connectivity index (χ4v) is 2.22. The molecular formula is C18H20N2O3. The third-order valence-corrected chi connectivity index (χ3v) is 3.40. The summed E-state index contributed by atoms with van der Waals surface area (Å²) < 4.78 is 5.18. The first kappa shape index (κ1) is 16.5. The van der Waals surface area contributed by atoms with Gasteiger partial charge in [0, 0.05) is 37.3 Å². The molecule has 2 aromatic rings. The van der Waals surface area contributed by atoms with E-state index in [4.69, 9.17) is 4.74 Å². The summed E-state index contributed by atoms with van der Waals surface area (Å²) in [5.74, 6) is 0.439. The fourth-order valence-electron chi connectivity index (χ4n) is 2.22. The van der Waals surface area contributed by atoms with Crippen LogP contribution in [0, 0.1) is 0 Å². The molecule has 0 saturated heterocycles. The highest BCUT2D eigenvalue weighted by molar-refractivity contribution is 5.94. The lowest BCUT2D eigenvalue weighted by Gasteiger charge is -2.22. The quantitative estimate of drug-likeness (QED) is 0.891. The minimum absolute atomic E-state index is 0.0905. The van der Waals surface area contributed by atoms with Gasteiger partial charge in [-0.2, -0.15) is 0 Å². The van der Waals surface area contributed by atoms with Crippen LogP contribution in [0.4, 0.5) is 5.69 Å². The summed E-state index contributed by atoms with van der Waals surface area (Å²) in [6.45, 7) is 2.25. The van der Waals surface area contributed by atoms with E-state index in [2.05, 4.69) is 5.32 Å². The third kappa shape index (κ3) is 4.57. The predicted molar refractivity (Wildman–Crippen MR) is 89.8 cm³/mol. The first-order valence-corrected chi connectivity index (χ1v) is 7.37. The van der Waals surface area contributed by atoms with Gasteiger partial charge in [-0.3, -0.25) is 9.59 Å². The monoisotopic (exact) mass is 312 g/mol. The van der Waals surface area contributed by atoms with Crippen LogP contribution in [0.15, 0.2) is 54.6 Å². The SMILES string of the molecule is COc1cccc(N(CCNC(=O)c2ccccc2)C(C)=O)c1. The van der Waals surface area contributed by atoms with E-state index in [1.54, 1.807) is 30.2 Å². The maximum absolute atomic E-state index is 12.0. The molecule has 0 saturated carbocycles. The van der Waals surface area contributed by atoms with Crippen molar-refractivity contribution < 1.29 is 14.3 Å². The second-order valence-corrected chi connectivity index (χ2v) is 4.99. The van der Waals surface area contributed by atoms with Crippen LogP contribution in [0.3, 0.4) is 0 Å². The van der Waals surface area contributed by atoms with Crippen molar-refractivity contribution in [3.63, 3.8) is 0 Å². The molecular weight excluding hydrogens is 292 g/mol. The van der Waals surface area contributed by atoms with E-state index >= 15 is 0 Å². The van der Waals surface area contributed by atoms with Gasteiger partial charge in [-0.05, 0) is 24.3 Å². The Labute approximate surface area is 135 Å². The zero-order chi connectivity index (χ0) is 16.7. The number of ether oxygens (including phenoxy) is 1. The average molecular weight is 312 g/mol. The second-order valence-electron chi connectivity index (χ2n) is 4.99. The van der Waals surface area contributed by atoms with E-state index < -0.39 is 0 Å². The lowest BCUT2D eigenvalue weighted by molar-refractivity contribution is -0.116. The Balaban J connectivity index is 1.98. The van der Waals surface area contributed by atoms with E-state index in [1.807, 2.05) is 36.4 Å². The van der Waals surface area contributed by atoms with Crippen molar-refractivity contribution >= 4 is 17.5 Å². The van der Waals surface area contributed by atoms with Gasteiger partial charge in [-0.25, -0.2) is 0 Å². The molecule has 0 atom stereocenters. The Morgan fingerprint density at radius 2 is 1.83 bits per heavy atom. The molecule has 0 radical (unpaired) electrons. The Kier molecular flexibility index (Phi) is 5.74. The van der Waals surface area contributed by atoms with Crippen molar-refractivity contribution in [1.82, 2.24) is 5.32 Å². The number of hydrogen-bond donors (Lipinski definition) is 1. The van der Waals surface area contributed by atoms with Crippen molar-refractivity contribution in [3.8, 4) is 5.75 Å². The standard InChI is InChI=1S/C18H20N2O3/c1-14(21)20(16-9-6-10-17(13-16)23-2)12-11-19-18(22)15-7-4-3-5-8-15/h3-10,13H,11-12H2,1-2H3,(H,19,22). The molecule has 0 aliphatic carbocycles. The molecule has 0 aliphatic rings. The van der Waals surface area contributed by atoms with Gasteiger partial charge in [0.1, 0.15) is 5.75 Å².